The van der Waals surface area contributed by atoms with E-state index in [4.69, 9.17) is 0 Å². The normalized spacial score (nSPS) is 17.1. The van der Waals surface area contributed by atoms with E-state index in [0.29, 0.717) is 12.2 Å². The second-order valence-corrected chi connectivity index (χ2v) is 13.4. The first kappa shape index (κ1) is 26.8. The summed E-state index contributed by atoms with van der Waals surface area (Å²) in [5, 5.41) is 0. The molecule has 0 aromatic heterocycles. The Labute approximate surface area is 227 Å². The van der Waals surface area contributed by atoms with Gasteiger partial charge in [0.1, 0.15) is 0 Å². The predicted octanol–water partition coefficient (Wildman–Crippen LogP) is 6.23. The summed E-state index contributed by atoms with van der Waals surface area (Å²) in [6, 6.07) is 23.1. The summed E-state index contributed by atoms with van der Waals surface area (Å²) in [4.78, 5) is 4.02. The van der Waals surface area contributed by atoms with Gasteiger partial charge in [0.2, 0.25) is 0 Å². The van der Waals surface area contributed by atoms with Crippen molar-refractivity contribution in [3.63, 3.8) is 0 Å². The maximum absolute atomic E-state index is 12.3. The van der Waals surface area contributed by atoms with Gasteiger partial charge in [0.05, 0.1) is 0 Å². The number of benzene rings is 3. The van der Waals surface area contributed by atoms with E-state index < -0.39 is 10.1 Å². The molecule has 5 nitrogen and oxygen atoms in total. The van der Waals surface area contributed by atoms with Gasteiger partial charge in [-0.2, -0.15) is 0 Å². The molecule has 36 heavy (non-hydrogen) atoms. The standard InChI is InChI=1S/C29H34N2O3S.Ag/c1-28(2,3)22-16-23(29(4,5)6)18-24(17-22)30-19-26(21-12-8-7-9-13-21)31(20-30)25-14-10-11-15-27(25)35(32,33)34;/h7-18,26H,19H2,1-6H3,(H,32,33,34);/t26-;/m1./s1. The molecule has 1 aliphatic heterocycles. The first-order chi connectivity index (χ1) is 16.7. The first-order valence-electron chi connectivity index (χ1n) is 12.0. The predicted molar refractivity (Wildman–Crippen MR) is 144 cm³/mol. The zero-order valence-corrected chi connectivity index (χ0v) is 23.9. The molecule has 1 aliphatic rings. The minimum atomic E-state index is -4.43. The van der Waals surface area contributed by atoms with Crippen molar-refractivity contribution < 1.29 is 33.6 Å². The van der Waals surface area contributed by atoms with Crippen molar-refractivity contribution in [3.05, 3.63) is 89.5 Å². The van der Waals surface area contributed by atoms with Crippen LogP contribution in [0.1, 0.15) is 64.3 Å². The third kappa shape index (κ3) is 5.38. The van der Waals surface area contributed by atoms with E-state index in [-0.39, 0.29) is 21.8 Å². The Morgan fingerprint density at radius 1 is 0.833 bits per heavy atom. The zero-order chi connectivity index (χ0) is 26.5. The van der Waals surface area contributed by atoms with Gasteiger partial charge in [0.25, 0.3) is 0 Å². The molecule has 0 aliphatic carbocycles. The van der Waals surface area contributed by atoms with E-state index in [0.717, 1.165) is 15.2 Å². The van der Waals surface area contributed by atoms with Crippen molar-refractivity contribution in [1.82, 2.24) is 0 Å². The molecule has 0 bridgehead atoms. The molecule has 3 aromatic rings. The van der Waals surface area contributed by atoms with Crippen LogP contribution < -0.4 is 9.80 Å². The summed E-state index contributed by atoms with van der Waals surface area (Å²) in [5.41, 5.74) is 4.88. The van der Waals surface area contributed by atoms with Gasteiger partial charge in [-0.25, -0.2) is 0 Å². The van der Waals surface area contributed by atoms with Crippen LogP contribution in [0.25, 0.3) is 0 Å². The molecule has 3 aromatic carbocycles. The Kier molecular flexibility index (Phi) is 7.14. The van der Waals surface area contributed by atoms with Crippen molar-refractivity contribution >= 4 is 25.5 Å². The number of hydrogen-bond donors (Lipinski definition) is 1. The molecule has 4 rings (SSSR count). The summed E-state index contributed by atoms with van der Waals surface area (Å²) in [5.74, 6) is 0. The summed E-state index contributed by atoms with van der Waals surface area (Å²) in [6.07, 6.45) is 0. The van der Waals surface area contributed by atoms with Crippen LogP contribution in [-0.4, -0.2) is 23.5 Å². The van der Waals surface area contributed by atoms with Gasteiger partial charge in [0.15, 0.2) is 0 Å². The average molecular weight is 599 g/mol. The van der Waals surface area contributed by atoms with Crippen molar-refractivity contribution in [2.45, 2.75) is 63.3 Å². The van der Waals surface area contributed by atoms with Crippen LogP contribution in [0.2, 0.25) is 0 Å². The Bertz CT molecular complexity index is 1360. The number of hydrogen-bond acceptors (Lipinski definition) is 4. The fraction of sp³-hybridized carbons (Fsp3) is 0.345. The number of para-hydroxylation sites is 1. The fourth-order valence-electron chi connectivity index (χ4n) is 4.47. The van der Waals surface area contributed by atoms with Crippen molar-refractivity contribution in [1.29, 1.82) is 0 Å². The average Bonchev–Trinajstić information content (AvgIpc) is 3.14. The van der Waals surface area contributed by atoms with Crippen LogP contribution in [0.15, 0.2) is 77.7 Å². The summed E-state index contributed by atoms with van der Waals surface area (Å²) in [7, 11) is -4.43. The van der Waals surface area contributed by atoms with Gasteiger partial charge < -0.3 is 0 Å². The molecule has 0 amide bonds. The minimum absolute atomic E-state index is 0.0436. The first-order valence-corrected chi connectivity index (χ1v) is 14.2. The second kappa shape index (κ2) is 9.58. The fourth-order valence-corrected chi connectivity index (χ4v) is 5.88. The van der Waals surface area contributed by atoms with Crippen LogP contribution in [0.3, 0.4) is 0 Å². The summed E-state index contributed by atoms with van der Waals surface area (Å²) >= 11 is 3.85. The molecule has 1 atom stereocenters. The van der Waals surface area contributed by atoms with Gasteiger partial charge in [-0.15, -0.1) is 0 Å². The maximum atomic E-state index is 12.3. The molecule has 0 unspecified atom stereocenters. The Morgan fingerprint density at radius 2 is 1.36 bits per heavy atom. The third-order valence-corrected chi connectivity index (χ3v) is 8.26. The monoisotopic (exact) mass is 597 g/mol. The summed E-state index contributed by atoms with van der Waals surface area (Å²) in [6.45, 7) is 13.9. The van der Waals surface area contributed by atoms with Crippen LogP contribution in [0.5, 0.6) is 0 Å². The van der Waals surface area contributed by atoms with E-state index in [1.54, 1.807) is 18.2 Å². The Morgan fingerprint density at radius 3 is 1.89 bits per heavy atom. The van der Waals surface area contributed by atoms with Gasteiger partial charge in [0, 0.05) is 0 Å². The van der Waals surface area contributed by atoms with Crippen molar-refractivity contribution in [3.8, 4) is 0 Å². The third-order valence-electron chi connectivity index (χ3n) is 6.60. The molecular weight excluding hydrogens is 564 g/mol. The van der Waals surface area contributed by atoms with E-state index in [1.165, 1.54) is 17.2 Å². The van der Waals surface area contributed by atoms with Crippen LogP contribution >= 0.6 is 0 Å². The number of nitrogens with zero attached hydrogens (tertiary/aromatic N) is 2. The van der Waals surface area contributed by atoms with Crippen LogP contribution in [0.4, 0.5) is 11.4 Å². The second-order valence-electron chi connectivity index (χ2n) is 11.4. The van der Waals surface area contributed by atoms with Gasteiger partial charge >= 0.3 is 228 Å². The molecule has 1 saturated heterocycles. The molecule has 1 heterocycles. The molecule has 7 heteroatoms. The van der Waals surface area contributed by atoms with Gasteiger partial charge in [-0.1, -0.05) is 0 Å². The molecule has 1 fully saturated rings. The van der Waals surface area contributed by atoms with Crippen LogP contribution in [0, 0.1) is 0 Å². The van der Waals surface area contributed by atoms with Crippen molar-refractivity contribution in [2.75, 3.05) is 16.3 Å². The van der Waals surface area contributed by atoms with Crippen LogP contribution in [-0.2, 0) is 41.5 Å². The van der Waals surface area contributed by atoms with Crippen molar-refractivity contribution in [2.24, 2.45) is 0 Å². The van der Waals surface area contributed by atoms with E-state index in [2.05, 4.69) is 85.2 Å². The van der Waals surface area contributed by atoms with E-state index >= 15 is 0 Å². The van der Waals surface area contributed by atoms with E-state index in [9.17, 15) is 13.0 Å². The van der Waals surface area contributed by atoms with Gasteiger partial charge in [-0.3, -0.25) is 0 Å². The molecular formula is C29H34AgN2O3S. The number of anilines is 2. The Hall–Kier alpha value is -2.22. The van der Waals surface area contributed by atoms with E-state index in [1.807, 2.05) is 35.2 Å². The SMILES string of the molecule is CC(C)(C)c1cc(N2C[C@H](c3ccccc3)N(c3ccccc3S(=O)(=O)O)[C]2=[Ag])cc(C(C)(C)C)c1. The summed E-state index contributed by atoms with van der Waals surface area (Å²) < 4.78 is 35.4. The number of rotatable bonds is 4. The molecule has 0 spiro atoms. The molecule has 0 saturated carbocycles. The molecule has 1 N–H and O–H groups in total. The quantitative estimate of drug-likeness (QED) is 0.285. The Balaban J connectivity index is 1.91. The molecule has 0 radical (unpaired) electrons. The van der Waals surface area contributed by atoms with Gasteiger partial charge in [-0.05, 0) is 0 Å². The topological polar surface area (TPSA) is 60.9 Å². The molecule has 195 valence electrons. The zero-order valence-electron chi connectivity index (χ0n) is 21.6.